The number of anilines is 1. The third-order valence-electron chi connectivity index (χ3n) is 2.90. The monoisotopic (exact) mass is 309 g/mol. The zero-order chi connectivity index (χ0) is 14.5. The van der Waals surface area contributed by atoms with Crippen molar-refractivity contribution < 1.29 is 4.74 Å². The number of ether oxygens (including phenoxy) is 1. The molecule has 1 N–H and O–H groups in total. The third kappa shape index (κ3) is 3.35. The topological polar surface area (TPSA) is 47.0 Å². The van der Waals surface area contributed by atoms with Crippen LogP contribution in [0.1, 0.15) is 11.1 Å². The van der Waals surface area contributed by atoms with Crippen LogP contribution in [0.15, 0.2) is 29.4 Å². The molecule has 1 aromatic heterocycles. The van der Waals surface area contributed by atoms with E-state index in [1.165, 1.54) is 11.8 Å². The quantitative estimate of drug-likeness (QED) is 0.520. The maximum Gasteiger partial charge on any atom is 0.190 e. The summed E-state index contributed by atoms with van der Waals surface area (Å²) in [7, 11) is 3.49. The van der Waals surface area contributed by atoms with E-state index in [4.69, 9.17) is 16.3 Å². The molecule has 2 aromatic rings. The van der Waals surface area contributed by atoms with Gasteiger partial charge < -0.3 is 10.1 Å². The lowest BCUT2D eigenvalue weighted by Gasteiger charge is -2.11. The van der Waals surface area contributed by atoms with Gasteiger partial charge in [-0.1, -0.05) is 35.5 Å². The third-order valence-corrected chi connectivity index (χ3v) is 3.76. The zero-order valence-electron chi connectivity index (χ0n) is 11.6. The minimum absolute atomic E-state index is 0.490. The average molecular weight is 310 g/mol. The van der Waals surface area contributed by atoms with E-state index in [0.717, 1.165) is 22.7 Å². The fourth-order valence-electron chi connectivity index (χ4n) is 1.84. The molecule has 0 fully saturated rings. The molecule has 0 amide bonds. The molecular formula is C14H16ClN3OS. The number of rotatable bonds is 5. The van der Waals surface area contributed by atoms with Crippen LogP contribution in [0.4, 0.5) is 5.82 Å². The highest BCUT2D eigenvalue weighted by atomic mass is 35.5. The summed E-state index contributed by atoms with van der Waals surface area (Å²) < 4.78 is 5.15. The summed E-state index contributed by atoms with van der Waals surface area (Å²) in [4.78, 5) is 8.71. The molecule has 0 saturated carbocycles. The van der Waals surface area contributed by atoms with E-state index in [1.807, 2.05) is 37.6 Å². The number of hydrogen-bond donors (Lipinski definition) is 1. The molecule has 0 radical (unpaired) electrons. The molecule has 0 atom stereocenters. The van der Waals surface area contributed by atoms with Crippen LogP contribution in [-0.4, -0.2) is 30.4 Å². The van der Waals surface area contributed by atoms with Crippen molar-refractivity contribution in [3.63, 3.8) is 0 Å². The summed E-state index contributed by atoms with van der Waals surface area (Å²) >= 11 is 7.74. The Balaban J connectivity index is 2.31. The van der Waals surface area contributed by atoms with Crippen LogP contribution in [0.5, 0.6) is 5.75 Å². The van der Waals surface area contributed by atoms with E-state index in [2.05, 4.69) is 15.3 Å². The second-order valence-electron chi connectivity index (χ2n) is 4.10. The highest BCUT2D eigenvalue weighted by molar-refractivity contribution is 7.98. The molecule has 4 nitrogen and oxygen atoms in total. The Kier molecular flexibility index (Phi) is 5.09. The van der Waals surface area contributed by atoms with Crippen LogP contribution >= 0.6 is 23.4 Å². The lowest BCUT2D eigenvalue weighted by atomic mass is 10.1. The highest BCUT2D eigenvalue weighted by Crippen LogP contribution is 2.27. The summed E-state index contributed by atoms with van der Waals surface area (Å²) in [6.07, 6.45) is 2.60. The summed E-state index contributed by atoms with van der Waals surface area (Å²) in [6.45, 7) is 0. The summed E-state index contributed by atoms with van der Waals surface area (Å²) in [5, 5.41) is 4.24. The molecule has 0 aliphatic rings. The van der Waals surface area contributed by atoms with Crippen molar-refractivity contribution in [3.8, 4) is 5.75 Å². The van der Waals surface area contributed by atoms with Gasteiger partial charge in [0, 0.05) is 19.0 Å². The van der Waals surface area contributed by atoms with Gasteiger partial charge in [0.2, 0.25) is 0 Å². The molecular weight excluding hydrogens is 294 g/mol. The van der Waals surface area contributed by atoms with Gasteiger partial charge in [0.05, 0.1) is 7.11 Å². The van der Waals surface area contributed by atoms with E-state index >= 15 is 0 Å². The van der Waals surface area contributed by atoms with Crippen LogP contribution in [0.2, 0.25) is 5.15 Å². The Hall–Kier alpha value is -1.46. The smallest absolute Gasteiger partial charge is 0.190 e. The number of aromatic nitrogens is 2. The Morgan fingerprint density at radius 2 is 1.95 bits per heavy atom. The van der Waals surface area contributed by atoms with E-state index in [0.29, 0.717) is 16.7 Å². The molecule has 0 unspecified atom stereocenters. The van der Waals surface area contributed by atoms with Crippen molar-refractivity contribution in [2.45, 2.75) is 11.6 Å². The van der Waals surface area contributed by atoms with Gasteiger partial charge in [0.1, 0.15) is 16.7 Å². The predicted molar refractivity (Wildman–Crippen MR) is 84.2 cm³/mol. The molecule has 6 heteroatoms. The number of nitrogens with one attached hydrogen (secondary N) is 1. The normalized spacial score (nSPS) is 10.4. The largest absolute Gasteiger partial charge is 0.497 e. The van der Waals surface area contributed by atoms with Crippen LogP contribution in [0, 0.1) is 0 Å². The van der Waals surface area contributed by atoms with Gasteiger partial charge in [-0.3, -0.25) is 0 Å². The Morgan fingerprint density at radius 3 is 2.50 bits per heavy atom. The highest BCUT2D eigenvalue weighted by Gasteiger charge is 2.12. The van der Waals surface area contributed by atoms with Crippen LogP contribution in [-0.2, 0) is 6.42 Å². The van der Waals surface area contributed by atoms with Gasteiger partial charge in [-0.25, -0.2) is 9.97 Å². The van der Waals surface area contributed by atoms with Crippen molar-refractivity contribution >= 4 is 29.2 Å². The van der Waals surface area contributed by atoms with Crippen molar-refractivity contribution in [1.82, 2.24) is 9.97 Å². The molecule has 1 heterocycles. The van der Waals surface area contributed by atoms with Crippen molar-refractivity contribution in [2.75, 3.05) is 25.7 Å². The van der Waals surface area contributed by atoms with E-state index in [1.54, 1.807) is 7.11 Å². The molecule has 0 saturated heterocycles. The second kappa shape index (κ2) is 6.81. The van der Waals surface area contributed by atoms with E-state index < -0.39 is 0 Å². The van der Waals surface area contributed by atoms with Crippen LogP contribution in [0.25, 0.3) is 0 Å². The number of hydrogen-bond acceptors (Lipinski definition) is 5. The fraction of sp³-hybridized carbons (Fsp3) is 0.286. The minimum Gasteiger partial charge on any atom is -0.497 e. The van der Waals surface area contributed by atoms with Crippen molar-refractivity contribution in [2.24, 2.45) is 0 Å². The molecule has 1 aromatic carbocycles. The maximum atomic E-state index is 6.27. The molecule has 0 bridgehead atoms. The van der Waals surface area contributed by atoms with Crippen LogP contribution in [0.3, 0.4) is 0 Å². The molecule has 2 rings (SSSR count). The summed E-state index contributed by atoms with van der Waals surface area (Å²) in [5.41, 5.74) is 2.03. The first kappa shape index (κ1) is 14.9. The van der Waals surface area contributed by atoms with Crippen molar-refractivity contribution in [3.05, 3.63) is 40.5 Å². The number of benzene rings is 1. The first-order valence-electron chi connectivity index (χ1n) is 6.09. The molecule has 0 aliphatic carbocycles. The Bertz CT molecular complexity index is 590. The average Bonchev–Trinajstić information content (AvgIpc) is 2.49. The van der Waals surface area contributed by atoms with Gasteiger partial charge in [-0.2, -0.15) is 0 Å². The minimum atomic E-state index is 0.490. The number of methoxy groups -OCH3 is 1. The number of halogens is 1. The van der Waals surface area contributed by atoms with Crippen molar-refractivity contribution in [1.29, 1.82) is 0 Å². The lowest BCUT2D eigenvalue weighted by molar-refractivity contribution is 0.414. The summed E-state index contributed by atoms with van der Waals surface area (Å²) in [6, 6.07) is 7.88. The van der Waals surface area contributed by atoms with E-state index in [-0.39, 0.29) is 0 Å². The zero-order valence-corrected chi connectivity index (χ0v) is 13.2. The lowest BCUT2D eigenvalue weighted by Crippen LogP contribution is -2.04. The first-order valence-corrected chi connectivity index (χ1v) is 7.69. The van der Waals surface area contributed by atoms with Gasteiger partial charge in [-0.05, 0) is 24.0 Å². The van der Waals surface area contributed by atoms with Gasteiger partial charge >= 0.3 is 0 Å². The first-order chi connectivity index (χ1) is 9.67. The summed E-state index contributed by atoms with van der Waals surface area (Å²) in [5.74, 6) is 1.60. The van der Waals surface area contributed by atoms with E-state index in [9.17, 15) is 0 Å². The molecule has 106 valence electrons. The molecule has 0 aliphatic heterocycles. The molecule has 0 spiro atoms. The predicted octanol–water partition coefficient (Wildman–Crippen LogP) is 3.49. The standard InChI is InChI=1S/C14H16ClN3OS/c1-16-13-11(12(15)17-14(18-13)20-3)8-9-4-6-10(19-2)7-5-9/h4-7H,8H2,1-3H3,(H,16,17,18). The SMILES string of the molecule is CNc1nc(SC)nc(Cl)c1Cc1ccc(OC)cc1. The maximum absolute atomic E-state index is 6.27. The Morgan fingerprint density at radius 1 is 1.25 bits per heavy atom. The Labute approximate surface area is 127 Å². The van der Waals surface area contributed by atoms with Crippen LogP contribution < -0.4 is 10.1 Å². The molecule has 20 heavy (non-hydrogen) atoms. The number of thioether (sulfide) groups is 1. The number of nitrogens with zero attached hydrogens (tertiary/aromatic N) is 2. The second-order valence-corrected chi connectivity index (χ2v) is 5.23. The fourth-order valence-corrected chi connectivity index (χ4v) is 2.49. The van der Waals surface area contributed by atoms with Gasteiger partial charge in [0.25, 0.3) is 0 Å². The van der Waals surface area contributed by atoms with Gasteiger partial charge in [-0.15, -0.1) is 0 Å². The van der Waals surface area contributed by atoms with Gasteiger partial charge in [0.15, 0.2) is 5.16 Å².